The first-order chi connectivity index (χ1) is 11.5. The highest BCUT2D eigenvalue weighted by Crippen LogP contribution is 2.21. The van der Waals surface area contributed by atoms with Gasteiger partial charge in [-0.25, -0.2) is 9.78 Å². The van der Waals surface area contributed by atoms with Gasteiger partial charge >= 0.3 is 6.03 Å². The molecular weight excluding hydrogens is 371 g/mol. The summed E-state index contributed by atoms with van der Waals surface area (Å²) in [6.07, 6.45) is 4.14. The number of hydrogen-bond donors (Lipinski definition) is 2. The second kappa shape index (κ2) is 7.30. The van der Waals surface area contributed by atoms with E-state index in [1.165, 1.54) is 0 Å². The van der Waals surface area contributed by atoms with E-state index in [4.69, 9.17) is 34.8 Å². The number of pyridine rings is 1. The molecule has 0 unspecified atom stereocenters. The minimum atomic E-state index is -0.304. The largest absolute Gasteiger partial charge is 0.337 e. The number of imidazole rings is 1. The molecule has 0 aliphatic heterocycles. The third-order valence-corrected chi connectivity index (χ3v) is 3.99. The molecule has 0 saturated heterocycles. The molecule has 0 aliphatic rings. The highest BCUT2D eigenvalue weighted by molar-refractivity contribution is 6.36. The minimum absolute atomic E-state index is 0.304. The number of carbonyl (C=O) groups excluding carboxylic acids is 1. The van der Waals surface area contributed by atoms with E-state index < -0.39 is 0 Å². The maximum Gasteiger partial charge on any atom is 0.319 e. The third-order valence-electron chi connectivity index (χ3n) is 3.27. The van der Waals surface area contributed by atoms with Crippen molar-refractivity contribution >= 4 is 52.2 Å². The predicted molar refractivity (Wildman–Crippen MR) is 97.4 cm³/mol. The highest BCUT2D eigenvalue weighted by Gasteiger charge is 2.07. The van der Waals surface area contributed by atoms with Crippen LogP contribution in [0.5, 0.6) is 0 Å². The average Bonchev–Trinajstić information content (AvgIpc) is 2.90. The fourth-order valence-corrected chi connectivity index (χ4v) is 2.96. The van der Waals surface area contributed by atoms with Gasteiger partial charge < -0.3 is 15.0 Å². The second-order valence-corrected chi connectivity index (χ2v) is 6.39. The van der Waals surface area contributed by atoms with Gasteiger partial charge in [-0.05, 0) is 24.3 Å². The van der Waals surface area contributed by atoms with Crippen LogP contribution in [0.15, 0.2) is 42.7 Å². The van der Waals surface area contributed by atoms with Gasteiger partial charge in [0.2, 0.25) is 0 Å². The zero-order valence-electron chi connectivity index (χ0n) is 12.4. The average molecular weight is 384 g/mol. The molecule has 3 rings (SSSR count). The molecule has 0 aliphatic carbocycles. The molecule has 8 heteroatoms. The van der Waals surface area contributed by atoms with Crippen LogP contribution in [0, 0.1) is 0 Å². The van der Waals surface area contributed by atoms with Crippen LogP contribution in [0.25, 0.3) is 5.65 Å². The van der Waals surface area contributed by atoms with Crippen molar-refractivity contribution in [2.24, 2.45) is 0 Å². The van der Waals surface area contributed by atoms with Crippen LogP contribution in [-0.2, 0) is 6.42 Å². The molecule has 2 aromatic heterocycles. The van der Waals surface area contributed by atoms with Gasteiger partial charge in [0.05, 0.1) is 15.7 Å². The number of aromatic nitrogens is 2. The fourth-order valence-electron chi connectivity index (χ4n) is 2.24. The fraction of sp³-hybridized carbons (Fsp3) is 0.125. The quantitative estimate of drug-likeness (QED) is 0.688. The van der Waals surface area contributed by atoms with Gasteiger partial charge in [-0.2, -0.15) is 0 Å². The van der Waals surface area contributed by atoms with Crippen molar-refractivity contribution in [2.45, 2.75) is 6.42 Å². The normalized spacial score (nSPS) is 10.8. The topological polar surface area (TPSA) is 58.4 Å². The van der Waals surface area contributed by atoms with Crippen molar-refractivity contribution in [1.29, 1.82) is 0 Å². The van der Waals surface area contributed by atoms with Crippen molar-refractivity contribution in [3.8, 4) is 0 Å². The Hall–Kier alpha value is -1.95. The van der Waals surface area contributed by atoms with Crippen LogP contribution in [-0.4, -0.2) is 22.0 Å². The molecule has 0 fully saturated rings. The Balaban J connectivity index is 1.56. The number of urea groups is 1. The van der Waals surface area contributed by atoms with E-state index in [1.54, 1.807) is 40.9 Å². The van der Waals surface area contributed by atoms with Gasteiger partial charge in [0.15, 0.2) is 5.65 Å². The standard InChI is InChI=1S/C16H13Cl3N4O/c17-10-2-1-3-12(6-10)22-16(24)20-5-4-13-9-23-8-11(18)7-14(19)15(23)21-13/h1-3,6-9H,4-5H2,(H2,20,22,24). The van der Waals surface area contributed by atoms with Gasteiger partial charge in [-0.15, -0.1) is 0 Å². The maximum absolute atomic E-state index is 11.9. The smallest absolute Gasteiger partial charge is 0.319 e. The molecule has 124 valence electrons. The van der Waals surface area contributed by atoms with E-state index >= 15 is 0 Å². The number of anilines is 1. The number of hydrogen-bond acceptors (Lipinski definition) is 2. The molecule has 0 spiro atoms. The Morgan fingerprint density at radius 1 is 1.12 bits per heavy atom. The molecule has 3 aromatic rings. The molecule has 0 radical (unpaired) electrons. The Bertz CT molecular complexity index is 894. The van der Waals surface area contributed by atoms with Gasteiger partial charge in [-0.3, -0.25) is 0 Å². The van der Waals surface area contributed by atoms with Crippen molar-refractivity contribution in [3.63, 3.8) is 0 Å². The molecule has 2 heterocycles. The lowest BCUT2D eigenvalue weighted by atomic mass is 10.3. The number of rotatable bonds is 4. The number of carbonyl (C=O) groups is 1. The lowest BCUT2D eigenvalue weighted by Crippen LogP contribution is -2.30. The Kier molecular flexibility index (Phi) is 5.14. The van der Waals surface area contributed by atoms with Crippen LogP contribution in [0.3, 0.4) is 0 Å². The first kappa shape index (κ1) is 16.9. The Morgan fingerprint density at radius 3 is 2.75 bits per heavy atom. The number of nitrogens with one attached hydrogen (secondary N) is 2. The van der Waals surface area contributed by atoms with Gasteiger partial charge in [0, 0.05) is 36.1 Å². The zero-order valence-corrected chi connectivity index (χ0v) is 14.7. The Morgan fingerprint density at radius 2 is 1.96 bits per heavy atom. The van der Waals surface area contributed by atoms with E-state index in [2.05, 4.69) is 15.6 Å². The van der Waals surface area contributed by atoms with Crippen LogP contribution in [0.1, 0.15) is 5.69 Å². The van der Waals surface area contributed by atoms with Crippen LogP contribution < -0.4 is 10.6 Å². The predicted octanol–water partition coefficient (Wildman–Crippen LogP) is 4.66. The van der Waals surface area contributed by atoms with Crippen molar-refractivity contribution in [1.82, 2.24) is 14.7 Å². The van der Waals surface area contributed by atoms with Crippen LogP contribution in [0.4, 0.5) is 10.5 Å². The summed E-state index contributed by atoms with van der Waals surface area (Å²) < 4.78 is 1.77. The minimum Gasteiger partial charge on any atom is -0.337 e. The third kappa shape index (κ3) is 4.12. The molecule has 0 saturated carbocycles. The molecule has 5 nitrogen and oxygen atoms in total. The molecule has 0 bridgehead atoms. The molecule has 0 atom stereocenters. The van der Waals surface area contributed by atoms with Crippen LogP contribution >= 0.6 is 34.8 Å². The highest BCUT2D eigenvalue weighted by atomic mass is 35.5. The number of nitrogens with zero attached hydrogens (tertiary/aromatic N) is 2. The Labute approximate surface area is 153 Å². The number of fused-ring (bicyclic) bond motifs is 1. The SMILES string of the molecule is O=C(NCCc1cn2cc(Cl)cc(Cl)c2n1)Nc1cccc(Cl)c1. The van der Waals surface area contributed by atoms with Crippen molar-refractivity contribution in [3.05, 3.63) is 63.5 Å². The number of benzene rings is 1. The van der Waals surface area contributed by atoms with Gasteiger partial charge in [0.1, 0.15) is 0 Å². The van der Waals surface area contributed by atoms with Gasteiger partial charge in [-0.1, -0.05) is 40.9 Å². The van der Waals surface area contributed by atoms with Crippen molar-refractivity contribution in [2.75, 3.05) is 11.9 Å². The molecular formula is C16H13Cl3N4O. The lowest BCUT2D eigenvalue weighted by molar-refractivity contribution is 0.252. The van der Waals surface area contributed by atoms with E-state index in [-0.39, 0.29) is 6.03 Å². The monoisotopic (exact) mass is 382 g/mol. The first-order valence-corrected chi connectivity index (χ1v) is 8.28. The van der Waals surface area contributed by atoms with E-state index in [0.29, 0.717) is 39.4 Å². The lowest BCUT2D eigenvalue weighted by Gasteiger charge is -2.07. The summed E-state index contributed by atoms with van der Waals surface area (Å²) in [6, 6.07) is 8.29. The summed E-state index contributed by atoms with van der Waals surface area (Å²) in [5.74, 6) is 0. The second-order valence-electron chi connectivity index (χ2n) is 5.11. The van der Waals surface area contributed by atoms with Crippen molar-refractivity contribution < 1.29 is 4.79 Å². The summed E-state index contributed by atoms with van der Waals surface area (Å²) in [4.78, 5) is 16.3. The summed E-state index contributed by atoms with van der Waals surface area (Å²) in [6.45, 7) is 0.432. The number of halogens is 3. The van der Waals surface area contributed by atoms with E-state index in [1.807, 2.05) is 6.20 Å². The maximum atomic E-state index is 11.9. The van der Waals surface area contributed by atoms with Crippen LogP contribution in [0.2, 0.25) is 15.1 Å². The molecule has 2 amide bonds. The summed E-state index contributed by atoms with van der Waals surface area (Å²) in [7, 11) is 0. The molecule has 1 aromatic carbocycles. The summed E-state index contributed by atoms with van der Waals surface area (Å²) in [5.41, 5.74) is 2.08. The molecule has 24 heavy (non-hydrogen) atoms. The first-order valence-electron chi connectivity index (χ1n) is 7.14. The zero-order chi connectivity index (χ0) is 17.1. The summed E-state index contributed by atoms with van der Waals surface area (Å²) >= 11 is 17.9. The summed E-state index contributed by atoms with van der Waals surface area (Å²) in [5, 5.41) is 7.07. The molecule has 2 N–H and O–H groups in total. The van der Waals surface area contributed by atoms with E-state index in [0.717, 1.165) is 5.69 Å². The number of amides is 2. The van der Waals surface area contributed by atoms with E-state index in [9.17, 15) is 4.79 Å². The van der Waals surface area contributed by atoms with Gasteiger partial charge in [0.25, 0.3) is 0 Å².